The van der Waals surface area contributed by atoms with Crippen molar-refractivity contribution in [1.29, 1.82) is 5.26 Å². The molecule has 1 aliphatic heterocycles. The van der Waals surface area contributed by atoms with E-state index in [2.05, 4.69) is 16.7 Å². The van der Waals surface area contributed by atoms with Gasteiger partial charge in [-0.1, -0.05) is 0 Å². The van der Waals surface area contributed by atoms with Crippen LogP contribution < -0.4 is 10.6 Å². The third kappa shape index (κ3) is 2.38. The Kier molecular flexibility index (Phi) is 3.54. The molecule has 1 saturated heterocycles. The molecule has 0 atom stereocenters. The Morgan fingerprint density at radius 3 is 2.89 bits per heavy atom. The maximum Gasteiger partial charge on any atom is 0.228 e. The Morgan fingerprint density at radius 2 is 2.16 bits per heavy atom. The smallest absolute Gasteiger partial charge is 0.228 e. The van der Waals surface area contributed by atoms with Crippen LogP contribution >= 0.6 is 11.3 Å². The number of piperidine rings is 1. The maximum absolute atomic E-state index is 12.2. The number of amides is 1. The lowest BCUT2D eigenvalue weighted by molar-refractivity contribution is -0.120. The highest BCUT2D eigenvalue weighted by Crippen LogP contribution is 2.38. The van der Waals surface area contributed by atoms with Crippen LogP contribution in [0.3, 0.4) is 0 Å². The summed E-state index contributed by atoms with van der Waals surface area (Å²) in [5, 5.41) is 16.3. The van der Waals surface area contributed by atoms with Crippen LogP contribution in [0.15, 0.2) is 0 Å². The van der Waals surface area contributed by atoms with Gasteiger partial charge in [0.05, 0.1) is 5.56 Å². The summed E-state index contributed by atoms with van der Waals surface area (Å²) in [5.74, 6) is 0.169. The second-order valence-corrected chi connectivity index (χ2v) is 6.29. The summed E-state index contributed by atoms with van der Waals surface area (Å²) >= 11 is 1.60. The standard InChI is InChI=1S/C14H17N3OS/c15-8-11-10-2-1-3-12(10)19-14(11)17-13(18)9-4-6-16-7-5-9/h9,16H,1-7H2,(H,17,18). The van der Waals surface area contributed by atoms with Gasteiger partial charge in [-0.05, 0) is 50.8 Å². The van der Waals surface area contributed by atoms with Gasteiger partial charge in [0.15, 0.2) is 0 Å². The Labute approximate surface area is 116 Å². The molecule has 1 aromatic heterocycles. The van der Waals surface area contributed by atoms with Crippen molar-refractivity contribution in [3.8, 4) is 6.07 Å². The van der Waals surface area contributed by atoms with E-state index in [1.165, 1.54) is 10.4 Å². The molecule has 0 radical (unpaired) electrons. The maximum atomic E-state index is 12.2. The van der Waals surface area contributed by atoms with Gasteiger partial charge in [0.25, 0.3) is 0 Å². The van der Waals surface area contributed by atoms with E-state index in [0.29, 0.717) is 5.56 Å². The highest BCUT2D eigenvalue weighted by Gasteiger charge is 2.26. The first-order valence-electron chi connectivity index (χ1n) is 6.86. The van der Waals surface area contributed by atoms with Crippen molar-refractivity contribution < 1.29 is 4.79 Å². The van der Waals surface area contributed by atoms with Crippen molar-refractivity contribution in [3.63, 3.8) is 0 Å². The van der Waals surface area contributed by atoms with Crippen molar-refractivity contribution in [1.82, 2.24) is 5.32 Å². The largest absolute Gasteiger partial charge is 0.317 e. The quantitative estimate of drug-likeness (QED) is 0.868. The molecule has 3 rings (SSSR count). The van der Waals surface area contributed by atoms with Crippen LogP contribution in [0, 0.1) is 17.2 Å². The third-order valence-electron chi connectivity index (χ3n) is 3.98. The molecule has 0 bridgehead atoms. The van der Waals surface area contributed by atoms with Crippen LogP contribution in [-0.2, 0) is 17.6 Å². The fourth-order valence-electron chi connectivity index (χ4n) is 2.91. The zero-order valence-electron chi connectivity index (χ0n) is 10.8. The number of carbonyl (C=O) groups is 1. The second-order valence-electron chi connectivity index (χ2n) is 5.19. The minimum absolute atomic E-state index is 0.0814. The first-order chi connectivity index (χ1) is 9.29. The summed E-state index contributed by atoms with van der Waals surface area (Å²) in [7, 11) is 0. The molecule has 0 saturated carbocycles. The topological polar surface area (TPSA) is 64.9 Å². The van der Waals surface area contributed by atoms with Gasteiger partial charge in [-0.3, -0.25) is 4.79 Å². The summed E-state index contributed by atoms with van der Waals surface area (Å²) in [6, 6.07) is 2.27. The molecule has 2 aliphatic rings. The van der Waals surface area contributed by atoms with Gasteiger partial charge in [0, 0.05) is 10.8 Å². The zero-order valence-corrected chi connectivity index (χ0v) is 11.6. The molecule has 100 valence electrons. The monoisotopic (exact) mass is 275 g/mol. The van der Waals surface area contributed by atoms with E-state index in [1.54, 1.807) is 11.3 Å². The SMILES string of the molecule is N#Cc1c(NC(=O)C2CCNCC2)sc2c1CCC2. The second kappa shape index (κ2) is 5.32. The molecule has 1 aromatic rings. The number of aryl methyl sites for hydroxylation is 1. The average molecular weight is 275 g/mol. The van der Waals surface area contributed by atoms with Gasteiger partial charge in [-0.25, -0.2) is 0 Å². The molecule has 19 heavy (non-hydrogen) atoms. The van der Waals surface area contributed by atoms with Crippen LogP contribution in [0.4, 0.5) is 5.00 Å². The minimum atomic E-state index is 0.0814. The molecule has 0 spiro atoms. The first-order valence-corrected chi connectivity index (χ1v) is 7.67. The summed E-state index contributed by atoms with van der Waals surface area (Å²) in [5.41, 5.74) is 1.88. The van der Waals surface area contributed by atoms with Gasteiger partial charge in [0.2, 0.25) is 5.91 Å². The number of nitrogens with zero attached hydrogens (tertiary/aromatic N) is 1. The van der Waals surface area contributed by atoms with Gasteiger partial charge in [-0.2, -0.15) is 5.26 Å². The van der Waals surface area contributed by atoms with Crippen molar-refractivity contribution in [2.24, 2.45) is 5.92 Å². The fourth-order valence-corrected chi connectivity index (χ4v) is 4.15. The van der Waals surface area contributed by atoms with E-state index < -0.39 is 0 Å². The fraction of sp³-hybridized carbons (Fsp3) is 0.571. The molecule has 0 aromatic carbocycles. The van der Waals surface area contributed by atoms with Gasteiger partial charge in [0.1, 0.15) is 11.1 Å². The van der Waals surface area contributed by atoms with E-state index in [-0.39, 0.29) is 11.8 Å². The number of nitrogens with one attached hydrogen (secondary N) is 2. The molecule has 2 N–H and O–H groups in total. The first kappa shape index (κ1) is 12.6. The van der Waals surface area contributed by atoms with Gasteiger partial charge in [-0.15, -0.1) is 11.3 Å². The zero-order chi connectivity index (χ0) is 13.2. The highest BCUT2D eigenvalue weighted by molar-refractivity contribution is 7.16. The van der Waals surface area contributed by atoms with Crippen LogP contribution in [0.5, 0.6) is 0 Å². The predicted molar refractivity (Wildman–Crippen MR) is 75.3 cm³/mol. The van der Waals surface area contributed by atoms with Crippen molar-refractivity contribution in [3.05, 3.63) is 16.0 Å². The molecular formula is C14H17N3OS. The van der Waals surface area contributed by atoms with Crippen LogP contribution in [0.25, 0.3) is 0 Å². The summed E-state index contributed by atoms with van der Waals surface area (Å²) < 4.78 is 0. The number of thiophene rings is 1. The molecule has 5 heteroatoms. The van der Waals surface area contributed by atoms with E-state index in [1.807, 2.05) is 0 Å². The Hall–Kier alpha value is -1.38. The van der Waals surface area contributed by atoms with Gasteiger partial charge >= 0.3 is 0 Å². The lowest BCUT2D eigenvalue weighted by Crippen LogP contribution is -2.34. The van der Waals surface area contributed by atoms with E-state index >= 15 is 0 Å². The van der Waals surface area contributed by atoms with E-state index in [9.17, 15) is 10.1 Å². The van der Waals surface area contributed by atoms with Crippen LogP contribution in [0.1, 0.15) is 35.3 Å². The number of anilines is 1. The molecule has 0 unspecified atom stereocenters. The van der Waals surface area contributed by atoms with E-state index in [4.69, 9.17) is 0 Å². The van der Waals surface area contributed by atoms with Crippen LogP contribution in [-0.4, -0.2) is 19.0 Å². The lowest BCUT2D eigenvalue weighted by Gasteiger charge is -2.21. The summed E-state index contributed by atoms with van der Waals surface area (Å²) in [6.45, 7) is 1.81. The molecule has 1 aliphatic carbocycles. The number of nitriles is 1. The highest BCUT2D eigenvalue weighted by atomic mass is 32.1. The summed E-state index contributed by atoms with van der Waals surface area (Å²) in [4.78, 5) is 13.5. The Bertz CT molecular complexity index is 538. The Morgan fingerprint density at radius 1 is 1.37 bits per heavy atom. The third-order valence-corrected chi connectivity index (χ3v) is 5.19. The molecule has 1 amide bonds. The normalized spacial score (nSPS) is 18.9. The van der Waals surface area contributed by atoms with Gasteiger partial charge < -0.3 is 10.6 Å². The van der Waals surface area contributed by atoms with Crippen molar-refractivity contribution in [2.75, 3.05) is 18.4 Å². The Balaban J connectivity index is 1.76. The minimum Gasteiger partial charge on any atom is -0.317 e. The van der Waals surface area contributed by atoms with Crippen molar-refractivity contribution >= 4 is 22.2 Å². The molecular weight excluding hydrogens is 258 g/mol. The van der Waals surface area contributed by atoms with Crippen LogP contribution in [0.2, 0.25) is 0 Å². The number of hydrogen-bond acceptors (Lipinski definition) is 4. The number of fused-ring (bicyclic) bond motifs is 1. The average Bonchev–Trinajstić information content (AvgIpc) is 3.00. The molecule has 4 nitrogen and oxygen atoms in total. The molecule has 1 fully saturated rings. The number of carbonyl (C=O) groups excluding carboxylic acids is 1. The molecule has 2 heterocycles. The predicted octanol–water partition coefficient (Wildman–Crippen LogP) is 2.05. The van der Waals surface area contributed by atoms with E-state index in [0.717, 1.165) is 50.2 Å². The number of rotatable bonds is 2. The number of hydrogen-bond donors (Lipinski definition) is 2. The lowest BCUT2D eigenvalue weighted by atomic mass is 9.97. The summed E-state index contributed by atoms with van der Waals surface area (Å²) in [6.07, 6.45) is 4.95. The van der Waals surface area contributed by atoms with Crippen molar-refractivity contribution in [2.45, 2.75) is 32.1 Å².